The topological polar surface area (TPSA) is 20.2 Å². The summed E-state index contributed by atoms with van der Waals surface area (Å²) in [6.45, 7) is 2.31. The van der Waals surface area contributed by atoms with E-state index >= 15 is 0 Å². The first-order chi connectivity index (χ1) is 14.6. The van der Waals surface area contributed by atoms with E-state index in [9.17, 15) is 5.11 Å². The number of hydrogen-bond acceptors (Lipinski definition) is 1. The number of aliphatic hydroxyl groups excluding tert-OH is 1. The van der Waals surface area contributed by atoms with E-state index in [-0.39, 0.29) is 12.0 Å². The largest absolute Gasteiger partial charge is 0.392 e. The van der Waals surface area contributed by atoms with Crippen LogP contribution in [0.1, 0.15) is 75.0 Å². The molecule has 0 saturated heterocycles. The Morgan fingerprint density at radius 2 is 1.63 bits per heavy atom. The van der Waals surface area contributed by atoms with Gasteiger partial charge in [-0.1, -0.05) is 126 Å². The average Bonchev–Trinajstić information content (AvgIpc) is 2.77. The van der Waals surface area contributed by atoms with Crippen LogP contribution in [0.15, 0.2) is 69.6 Å². The van der Waals surface area contributed by atoms with Crippen LogP contribution in [0.5, 0.6) is 0 Å². The highest BCUT2D eigenvalue weighted by molar-refractivity contribution is 9.11. The third-order valence-corrected chi connectivity index (χ3v) is 7.27. The van der Waals surface area contributed by atoms with E-state index in [0.717, 1.165) is 28.4 Å². The molecule has 0 bridgehead atoms. The fourth-order valence-electron chi connectivity index (χ4n) is 4.67. The van der Waals surface area contributed by atoms with Crippen LogP contribution in [-0.2, 0) is 12.0 Å². The lowest BCUT2D eigenvalue weighted by molar-refractivity contribution is 0.281. The fraction of sp³-hybridized carbons (Fsp3) is 0.407. The Morgan fingerprint density at radius 1 is 0.900 bits per heavy atom. The first-order valence-corrected chi connectivity index (χ1v) is 12.7. The van der Waals surface area contributed by atoms with Gasteiger partial charge in [0, 0.05) is 9.89 Å². The minimum Gasteiger partial charge on any atom is -0.392 e. The Kier molecular flexibility index (Phi) is 8.98. The van der Waals surface area contributed by atoms with Gasteiger partial charge in [-0.3, -0.25) is 0 Å². The van der Waals surface area contributed by atoms with Crippen molar-refractivity contribution >= 4 is 37.4 Å². The Morgan fingerprint density at radius 3 is 2.37 bits per heavy atom. The Labute approximate surface area is 198 Å². The maximum Gasteiger partial charge on any atom is 0.0688 e. The molecule has 1 unspecified atom stereocenters. The lowest BCUT2D eigenvalue weighted by Crippen LogP contribution is -2.30. The minimum absolute atomic E-state index is 0.0406. The maximum absolute atomic E-state index is 10.1. The van der Waals surface area contributed by atoms with Gasteiger partial charge in [-0.25, -0.2) is 0 Å². The van der Waals surface area contributed by atoms with Crippen LogP contribution in [0.4, 0.5) is 0 Å². The van der Waals surface area contributed by atoms with Gasteiger partial charge >= 0.3 is 0 Å². The van der Waals surface area contributed by atoms with Crippen molar-refractivity contribution in [2.45, 2.75) is 70.3 Å². The van der Waals surface area contributed by atoms with Crippen LogP contribution in [0, 0.1) is 0 Å². The van der Waals surface area contributed by atoms with Gasteiger partial charge in [0.25, 0.3) is 0 Å². The highest BCUT2D eigenvalue weighted by atomic mass is 79.9. The molecule has 2 aromatic rings. The summed E-state index contributed by atoms with van der Waals surface area (Å²) in [4.78, 5) is 0. The van der Waals surface area contributed by atoms with Gasteiger partial charge < -0.3 is 5.11 Å². The molecule has 1 aliphatic rings. The molecule has 0 amide bonds. The zero-order valence-corrected chi connectivity index (χ0v) is 21.0. The van der Waals surface area contributed by atoms with Crippen LogP contribution in [0.3, 0.4) is 0 Å². The summed E-state index contributed by atoms with van der Waals surface area (Å²) in [6, 6.07) is 17.2. The first kappa shape index (κ1) is 23.5. The smallest absolute Gasteiger partial charge is 0.0688 e. The van der Waals surface area contributed by atoms with E-state index in [0.29, 0.717) is 0 Å². The maximum atomic E-state index is 10.1. The highest BCUT2D eigenvalue weighted by Gasteiger charge is 2.39. The van der Waals surface area contributed by atoms with Crippen molar-refractivity contribution < 1.29 is 5.11 Å². The van der Waals surface area contributed by atoms with Crippen molar-refractivity contribution in [1.82, 2.24) is 0 Å². The van der Waals surface area contributed by atoms with E-state index in [1.165, 1.54) is 54.1 Å². The van der Waals surface area contributed by atoms with E-state index in [1.807, 2.05) is 6.07 Å². The molecule has 1 atom stereocenters. The van der Waals surface area contributed by atoms with Gasteiger partial charge in [-0.15, -0.1) is 0 Å². The second-order valence-corrected chi connectivity index (χ2v) is 10.2. The summed E-state index contributed by atoms with van der Waals surface area (Å²) >= 11 is 7.38. The predicted octanol–water partition coefficient (Wildman–Crippen LogP) is 8.70. The van der Waals surface area contributed by atoms with E-state index < -0.39 is 0 Å². The Balaban J connectivity index is 2.00. The zero-order valence-electron chi connectivity index (χ0n) is 17.8. The normalized spacial score (nSPS) is 18.8. The number of allylic oxidation sites excluding steroid dienone is 4. The van der Waals surface area contributed by atoms with Crippen LogP contribution >= 0.6 is 31.9 Å². The number of benzene rings is 2. The quantitative estimate of drug-likeness (QED) is 0.304. The molecule has 0 aliphatic heterocycles. The van der Waals surface area contributed by atoms with Crippen molar-refractivity contribution in [1.29, 1.82) is 0 Å². The molecule has 0 radical (unpaired) electrons. The van der Waals surface area contributed by atoms with Gasteiger partial charge in [-0.05, 0) is 51.7 Å². The van der Waals surface area contributed by atoms with Crippen LogP contribution in [0.2, 0.25) is 0 Å². The van der Waals surface area contributed by atoms with Crippen LogP contribution < -0.4 is 0 Å². The summed E-state index contributed by atoms with van der Waals surface area (Å²) in [7, 11) is 0. The van der Waals surface area contributed by atoms with Crippen molar-refractivity contribution in [3.05, 3.63) is 86.3 Å². The molecule has 30 heavy (non-hydrogen) atoms. The first-order valence-electron chi connectivity index (χ1n) is 11.1. The number of halogens is 2. The molecule has 0 fully saturated rings. The van der Waals surface area contributed by atoms with Gasteiger partial charge in [0.15, 0.2) is 0 Å². The summed E-state index contributed by atoms with van der Waals surface area (Å²) in [5.41, 5.74) is 4.73. The second kappa shape index (κ2) is 11.5. The average molecular weight is 532 g/mol. The number of aliphatic hydroxyl groups is 1. The molecule has 0 saturated carbocycles. The van der Waals surface area contributed by atoms with Crippen LogP contribution in [0.25, 0.3) is 5.57 Å². The van der Waals surface area contributed by atoms with Crippen LogP contribution in [-0.4, -0.2) is 5.11 Å². The molecule has 1 N–H and O–H groups in total. The van der Waals surface area contributed by atoms with Gasteiger partial charge in [0.2, 0.25) is 0 Å². The van der Waals surface area contributed by atoms with Gasteiger partial charge in [0.1, 0.15) is 0 Å². The second-order valence-electron chi connectivity index (χ2n) is 8.30. The summed E-state index contributed by atoms with van der Waals surface area (Å²) < 4.78 is 2.24. The molecule has 0 heterocycles. The number of unbranched alkanes of at least 4 members (excludes halogenated alkanes) is 5. The van der Waals surface area contributed by atoms with E-state index in [2.05, 4.69) is 93.4 Å². The van der Waals surface area contributed by atoms with E-state index in [1.54, 1.807) is 0 Å². The summed E-state index contributed by atoms with van der Waals surface area (Å²) in [6.07, 6.45) is 14.3. The molecule has 3 rings (SSSR count). The lowest BCUT2D eigenvalue weighted by atomic mass is 9.64. The predicted molar refractivity (Wildman–Crippen MR) is 136 cm³/mol. The van der Waals surface area contributed by atoms with Crippen molar-refractivity contribution in [2.75, 3.05) is 0 Å². The standard InChI is InChI=1S/C27H32Br2O/c1-2-3-4-5-6-10-17-27(22-11-8-7-9-12-22)19-24(29)14-16-26(27)25-15-13-23(28)18-21(25)20-30/h7-9,11-16,18,30H,2-6,10,17,19-20H2,1H3. The van der Waals surface area contributed by atoms with E-state index in [4.69, 9.17) is 0 Å². The Bertz CT molecular complexity index is 885. The fourth-order valence-corrected chi connectivity index (χ4v) is 5.69. The molecular formula is C27H32Br2O. The number of rotatable bonds is 10. The molecular weight excluding hydrogens is 500 g/mol. The Hall–Kier alpha value is -1.16. The molecule has 160 valence electrons. The molecule has 1 nitrogen and oxygen atoms in total. The molecule has 0 spiro atoms. The van der Waals surface area contributed by atoms with Crippen molar-refractivity contribution in [3.63, 3.8) is 0 Å². The third-order valence-electron chi connectivity index (χ3n) is 6.23. The molecule has 2 aromatic carbocycles. The van der Waals surface area contributed by atoms with Gasteiger partial charge in [0.05, 0.1) is 6.61 Å². The monoisotopic (exact) mass is 530 g/mol. The third kappa shape index (κ3) is 5.55. The molecule has 0 aromatic heterocycles. The van der Waals surface area contributed by atoms with Crippen molar-refractivity contribution in [3.8, 4) is 0 Å². The lowest BCUT2D eigenvalue weighted by Gasteiger charge is -2.40. The SMILES string of the molecule is CCCCCCCCC1(c2ccccc2)CC(Br)=CC=C1c1ccc(Br)cc1CO. The summed E-state index contributed by atoms with van der Waals surface area (Å²) in [5, 5.41) is 10.1. The summed E-state index contributed by atoms with van der Waals surface area (Å²) in [5.74, 6) is 0. The molecule has 1 aliphatic carbocycles. The highest BCUT2D eigenvalue weighted by Crippen LogP contribution is 2.51. The molecule has 3 heteroatoms. The zero-order chi connectivity index (χ0) is 21.4. The number of hydrogen-bond donors (Lipinski definition) is 1. The minimum atomic E-state index is -0.0860. The van der Waals surface area contributed by atoms with Gasteiger partial charge in [-0.2, -0.15) is 0 Å². The van der Waals surface area contributed by atoms with Crippen molar-refractivity contribution in [2.24, 2.45) is 0 Å².